The van der Waals surface area contributed by atoms with E-state index < -0.39 is 23.8 Å². The maximum atomic E-state index is 14.4. The standard InChI is InChI=1S/C32H43N3O6/c1-20-18-22(12-17-27(20)37)28(29(38)33-23-8-6-5-7-9-23)35(24-13-14-24)30(39)26(34-31(40)41-32(2,3)4)19-21-10-15-25(36)16-11-21/h10-12,15-18,23-24,26,28,36-37H,5-9,13-14,19H2,1-4H3,(H,33,38)(H,34,40). The lowest BCUT2D eigenvalue weighted by molar-refractivity contribution is -0.143. The Labute approximate surface area is 242 Å². The van der Waals surface area contributed by atoms with Gasteiger partial charge in [0.15, 0.2) is 0 Å². The van der Waals surface area contributed by atoms with E-state index in [1.165, 1.54) is 12.1 Å². The van der Waals surface area contributed by atoms with Crippen LogP contribution in [0.5, 0.6) is 11.5 Å². The minimum Gasteiger partial charge on any atom is -0.508 e. The van der Waals surface area contributed by atoms with Gasteiger partial charge in [-0.15, -0.1) is 0 Å². The molecule has 2 atom stereocenters. The quantitative estimate of drug-likeness (QED) is 0.338. The summed E-state index contributed by atoms with van der Waals surface area (Å²) in [6.07, 6.45) is 5.95. The Morgan fingerprint density at radius 2 is 1.63 bits per heavy atom. The lowest BCUT2D eigenvalue weighted by Gasteiger charge is -2.36. The number of carbonyl (C=O) groups is 3. The van der Waals surface area contributed by atoms with Crippen LogP contribution in [0.1, 0.15) is 88.4 Å². The van der Waals surface area contributed by atoms with Gasteiger partial charge in [-0.25, -0.2) is 4.79 Å². The summed E-state index contributed by atoms with van der Waals surface area (Å²) in [5.41, 5.74) is 1.18. The van der Waals surface area contributed by atoms with Gasteiger partial charge in [-0.3, -0.25) is 9.59 Å². The molecule has 0 heterocycles. The van der Waals surface area contributed by atoms with E-state index in [0.717, 1.165) is 50.5 Å². The first-order valence-electron chi connectivity index (χ1n) is 14.6. The second-order valence-corrected chi connectivity index (χ2v) is 12.3. The van der Waals surface area contributed by atoms with E-state index in [1.54, 1.807) is 62.9 Å². The summed E-state index contributed by atoms with van der Waals surface area (Å²) >= 11 is 0. The molecule has 2 aromatic rings. The Morgan fingerprint density at radius 1 is 0.976 bits per heavy atom. The molecule has 9 heteroatoms. The number of rotatable bonds is 9. The van der Waals surface area contributed by atoms with Gasteiger partial charge in [0.05, 0.1) is 0 Å². The van der Waals surface area contributed by atoms with E-state index >= 15 is 0 Å². The Hall–Kier alpha value is -3.75. The van der Waals surface area contributed by atoms with E-state index in [4.69, 9.17) is 4.74 Å². The van der Waals surface area contributed by atoms with Crippen LogP contribution in [0.25, 0.3) is 0 Å². The number of aromatic hydroxyl groups is 2. The molecule has 4 N–H and O–H groups in total. The van der Waals surface area contributed by atoms with Crippen molar-refractivity contribution < 1.29 is 29.3 Å². The van der Waals surface area contributed by atoms with Crippen molar-refractivity contribution in [2.45, 2.75) is 109 Å². The number of aryl methyl sites for hydroxylation is 1. The highest BCUT2D eigenvalue weighted by Gasteiger charge is 2.44. The molecule has 0 aromatic heterocycles. The molecule has 3 amide bonds. The van der Waals surface area contributed by atoms with Crippen LogP contribution in [0, 0.1) is 6.92 Å². The third-order valence-corrected chi connectivity index (χ3v) is 7.57. The van der Waals surface area contributed by atoms with E-state index in [-0.39, 0.29) is 41.8 Å². The van der Waals surface area contributed by atoms with Crippen molar-refractivity contribution in [3.05, 3.63) is 59.2 Å². The van der Waals surface area contributed by atoms with Gasteiger partial charge in [-0.1, -0.05) is 37.5 Å². The van der Waals surface area contributed by atoms with Crippen LogP contribution in [0.4, 0.5) is 4.79 Å². The van der Waals surface area contributed by atoms with Crippen molar-refractivity contribution in [2.24, 2.45) is 0 Å². The lowest BCUT2D eigenvalue weighted by atomic mass is 9.94. The van der Waals surface area contributed by atoms with Crippen molar-refractivity contribution in [1.82, 2.24) is 15.5 Å². The van der Waals surface area contributed by atoms with Crippen molar-refractivity contribution in [3.8, 4) is 11.5 Å². The van der Waals surface area contributed by atoms with E-state index in [2.05, 4.69) is 10.6 Å². The van der Waals surface area contributed by atoms with Crippen LogP contribution in [0.15, 0.2) is 42.5 Å². The predicted molar refractivity (Wildman–Crippen MR) is 155 cm³/mol. The molecule has 2 unspecified atom stereocenters. The van der Waals surface area contributed by atoms with E-state index in [9.17, 15) is 24.6 Å². The Bertz CT molecular complexity index is 1230. The number of nitrogens with one attached hydrogen (secondary N) is 2. The smallest absolute Gasteiger partial charge is 0.408 e. The maximum Gasteiger partial charge on any atom is 0.408 e. The maximum absolute atomic E-state index is 14.4. The van der Waals surface area contributed by atoms with Gasteiger partial charge in [0.1, 0.15) is 29.2 Å². The number of nitrogens with zero attached hydrogens (tertiary/aromatic N) is 1. The lowest BCUT2D eigenvalue weighted by Crippen LogP contribution is -2.55. The van der Waals surface area contributed by atoms with Gasteiger partial charge < -0.3 is 30.5 Å². The highest BCUT2D eigenvalue weighted by Crippen LogP contribution is 2.37. The second kappa shape index (κ2) is 12.8. The summed E-state index contributed by atoms with van der Waals surface area (Å²) in [5, 5.41) is 25.9. The molecule has 0 aliphatic heterocycles. The van der Waals surface area contributed by atoms with Crippen LogP contribution >= 0.6 is 0 Å². The summed E-state index contributed by atoms with van der Waals surface area (Å²) in [4.78, 5) is 43.0. The normalized spacial score (nSPS) is 17.3. The highest BCUT2D eigenvalue weighted by atomic mass is 16.6. The fourth-order valence-electron chi connectivity index (χ4n) is 5.38. The highest BCUT2D eigenvalue weighted by molar-refractivity contribution is 5.93. The zero-order valence-electron chi connectivity index (χ0n) is 24.5. The van der Waals surface area contributed by atoms with Gasteiger partial charge in [-0.2, -0.15) is 0 Å². The summed E-state index contributed by atoms with van der Waals surface area (Å²) in [7, 11) is 0. The van der Waals surface area contributed by atoms with Crippen LogP contribution in [0.3, 0.4) is 0 Å². The molecule has 2 fully saturated rings. The molecule has 41 heavy (non-hydrogen) atoms. The van der Waals surface area contributed by atoms with Gasteiger partial charge in [0.2, 0.25) is 11.8 Å². The Kier molecular flexibility index (Phi) is 9.46. The van der Waals surface area contributed by atoms with E-state index in [1.807, 2.05) is 0 Å². The molecule has 0 bridgehead atoms. The molecule has 2 aliphatic rings. The Morgan fingerprint density at radius 3 is 2.22 bits per heavy atom. The third kappa shape index (κ3) is 8.38. The number of ether oxygens (including phenoxy) is 1. The number of amides is 3. The SMILES string of the molecule is Cc1cc(C(C(=O)NC2CCCCC2)N(C(=O)C(Cc2ccc(O)cc2)NC(=O)OC(C)(C)C)C2CC2)ccc1O. The van der Waals surface area contributed by atoms with Crippen molar-refractivity contribution >= 4 is 17.9 Å². The van der Waals surface area contributed by atoms with Crippen LogP contribution in [-0.2, 0) is 20.7 Å². The third-order valence-electron chi connectivity index (χ3n) is 7.57. The van der Waals surface area contributed by atoms with Crippen molar-refractivity contribution in [2.75, 3.05) is 0 Å². The molecule has 2 aromatic carbocycles. The van der Waals surface area contributed by atoms with Crippen LogP contribution < -0.4 is 10.6 Å². The summed E-state index contributed by atoms with van der Waals surface area (Å²) < 4.78 is 5.49. The van der Waals surface area contributed by atoms with Gasteiger partial charge >= 0.3 is 6.09 Å². The first-order valence-corrected chi connectivity index (χ1v) is 14.6. The minimum atomic E-state index is -1.02. The Balaban J connectivity index is 1.70. The number of hydrogen-bond acceptors (Lipinski definition) is 6. The van der Waals surface area contributed by atoms with Crippen LogP contribution in [-0.4, -0.2) is 56.7 Å². The summed E-state index contributed by atoms with van der Waals surface area (Å²) in [6.45, 7) is 7.01. The number of alkyl carbamates (subject to hydrolysis) is 1. The molecule has 2 saturated carbocycles. The number of hydrogen-bond donors (Lipinski definition) is 4. The van der Waals surface area contributed by atoms with E-state index in [0.29, 0.717) is 11.1 Å². The monoisotopic (exact) mass is 565 g/mol. The topological polar surface area (TPSA) is 128 Å². The number of benzene rings is 2. The first kappa shape index (κ1) is 30.2. The molecule has 9 nitrogen and oxygen atoms in total. The van der Waals surface area contributed by atoms with Crippen molar-refractivity contribution in [3.63, 3.8) is 0 Å². The van der Waals surface area contributed by atoms with Crippen molar-refractivity contribution in [1.29, 1.82) is 0 Å². The molecule has 0 radical (unpaired) electrons. The largest absolute Gasteiger partial charge is 0.508 e. The molecular formula is C32H43N3O6. The number of carbonyl (C=O) groups excluding carboxylic acids is 3. The average molecular weight is 566 g/mol. The first-order chi connectivity index (χ1) is 19.4. The predicted octanol–water partition coefficient (Wildman–Crippen LogP) is 5.02. The fourth-order valence-corrected chi connectivity index (χ4v) is 5.38. The fraction of sp³-hybridized carbons (Fsp3) is 0.531. The van der Waals surface area contributed by atoms with Gasteiger partial charge in [0.25, 0.3) is 0 Å². The summed E-state index contributed by atoms with van der Waals surface area (Å²) in [5.74, 6) is -0.441. The number of phenolic OH excluding ortho intramolecular Hbond substituents is 2. The minimum absolute atomic E-state index is 0.0424. The van der Waals surface area contributed by atoms with Gasteiger partial charge in [0, 0.05) is 18.5 Å². The molecule has 2 aliphatic carbocycles. The molecule has 0 saturated heterocycles. The molecule has 222 valence electrons. The zero-order chi connectivity index (χ0) is 29.7. The zero-order valence-corrected chi connectivity index (χ0v) is 24.5. The molecule has 0 spiro atoms. The second-order valence-electron chi connectivity index (χ2n) is 12.3. The summed E-state index contributed by atoms with van der Waals surface area (Å²) in [6, 6.07) is 9.37. The number of phenols is 2. The average Bonchev–Trinajstić information content (AvgIpc) is 3.74. The molecule has 4 rings (SSSR count). The van der Waals surface area contributed by atoms with Gasteiger partial charge in [-0.05, 0) is 94.3 Å². The van der Waals surface area contributed by atoms with Crippen LogP contribution in [0.2, 0.25) is 0 Å². The molecular weight excluding hydrogens is 522 g/mol.